The Balaban J connectivity index is 1.77. The van der Waals surface area contributed by atoms with Crippen molar-refractivity contribution < 1.29 is 0 Å². The molecular weight excluding hydrogens is 378 g/mol. The molecule has 138 valence electrons. The Morgan fingerprint density at radius 3 is 1.72 bits per heavy atom. The fourth-order valence-corrected chi connectivity index (χ4v) is 3.56. The molecule has 0 saturated carbocycles. The molecule has 0 spiro atoms. The number of hydrogen-bond acceptors (Lipinski definition) is 3. The Labute approximate surface area is 173 Å². The van der Waals surface area contributed by atoms with Crippen LogP contribution in [-0.2, 0) is 0 Å². The second-order valence-corrected chi connectivity index (χ2v) is 7.15. The Morgan fingerprint density at radius 1 is 0.517 bits per heavy atom. The van der Waals surface area contributed by atoms with Gasteiger partial charge in [0.15, 0.2) is 17.5 Å². The third-order valence-corrected chi connectivity index (χ3v) is 5.02. The maximum atomic E-state index is 6.19. The van der Waals surface area contributed by atoms with Gasteiger partial charge in [-0.05, 0) is 22.9 Å². The lowest BCUT2D eigenvalue weighted by Crippen LogP contribution is -2.00. The zero-order valence-electron chi connectivity index (χ0n) is 15.5. The van der Waals surface area contributed by atoms with Crippen LogP contribution in [0.3, 0.4) is 0 Å². The summed E-state index contributed by atoms with van der Waals surface area (Å²) in [5.74, 6) is 1.95. The molecule has 5 rings (SSSR count). The zero-order chi connectivity index (χ0) is 19.6. The van der Waals surface area contributed by atoms with Crippen LogP contribution in [0.4, 0.5) is 0 Å². The molecule has 3 nitrogen and oxygen atoms in total. The Hall–Kier alpha value is -3.56. The number of fused-ring (bicyclic) bond motifs is 1. The molecule has 0 atom stereocenters. The summed E-state index contributed by atoms with van der Waals surface area (Å²) in [5.41, 5.74) is 2.86. The van der Waals surface area contributed by atoms with Crippen LogP contribution in [0.2, 0.25) is 5.02 Å². The molecule has 0 radical (unpaired) electrons. The van der Waals surface area contributed by atoms with E-state index in [9.17, 15) is 0 Å². The van der Waals surface area contributed by atoms with E-state index in [-0.39, 0.29) is 0 Å². The maximum Gasteiger partial charge on any atom is 0.164 e. The SMILES string of the molecule is Clc1ccc2c(-c3nc(-c4ccccc4)nc(-c4ccccc4)n3)cccc2c1. The van der Waals surface area contributed by atoms with Crippen molar-refractivity contribution in [3.05, 3.63) is 102 Å². The largest absolute Gasteiger partial charge is 0.208 e. The van der Waals surface area contributed by atoms with Crippen molar-refractivity contribution in [2.75, 3.05) is 0 Å². The summed E-state index contributed by atoms with van der Waals surface area (Å²) >= 11 is 6.19. The third kappa shape index (κ3) is 3.48. The third-order valence-electron chi connectivity index (χ3n) is 4.78. The van der Waals surface area contributed by atoms with Crippen molar-refractivity contribution in [1.29, 1.82) is 0 Å². The van der Waals surface area contributed by atoms with E-state index in [0.29, 0.717) is 22.5 Å². The molecular formula is C25H16ClN3. The van der Waals surface area contributed by atoms with Crippen molar-refractivity contribution in [2.45, 2.75) is 0 Å². The minimum absolute atomic E-state index is 0.644. The minimum Gasteiger partial charge on any atom is -0.208 e. The molecule has 0 aliphatic rings. The van der Waals surface area contributed by atoms with Crippen LogP contribution in [0.5, 0.6) is 0 Å². The van der Waals surface area contributed by atoms with Crippen molar-refractivity contribution >= 4 is 22.4 Å². The van der Waals surface area contributed by atoms with E-state index in [1.807, 2.05) is 97.1 Å². The van der Waals surface area contributed by atoms with Gasteiger partial charge in [-0.1, -0.05) is 96.5 Å². The smallest absolute Gasteiger partial charge is 0.164 e. The van der Waals surface area contributed by atoms with Crippen LogP contribution in [-0.4, -0.2) is 15.0 Å². The highest BCUT2D eigenvalue weighted by Crippen LogP contribution is 2.30. The molecule has 5 aromatic rings. The summed E-state index contributed by atoms with van der Waals surface area (Å²) in [4.78, 5) is 14.4. The fraction of sp³-hybridized carbons (Fsp3) is 0. The van der Waals surface area contributed by atoms with Gasteiger partial charge in [-0.3, -0.25) is 0 Å². The molecule has 0 fully saturated rings. The van der Waals surface area contributed by atoms with E-state index in [4.69, 9.17) is 26.6 Å². The van der Waals surface area contributed by atoms with Crippen molar-refractivity contribution in [3.63, 3.8) is 0 Å². The molecule has 0 bridgehead atoms. The van der Waals surface area contributed by atoms with Gasteiger partial charge in [0, 0.05) is 21.7 Å². The van der Waals surface area contributed by atoms with Crippen LogP contribution >= 0.6 is 11.6 Å². The highest BCUT2D eigenvalue weighted by molar-refractivity contribution is 6.31. The second kappa shape index (κ2) is 7.46. The van der Waals surface area contributed by atoms with Crippen LogP contribution in [0.15, 0.2) is 97.1 Å². The number of aromatic nitrogens is 3. The summed E-state index contributed by atoms with van der Waals surface area (Å²) in [7, 11) is 0. The van der Waals surface area contributed by atoms with Crippen LogP contribution in [0.25, 0.3) is 44.9 Å². The molecule has 0 N–H and O–H groups in total. The molecule has 4 aromatic carbocycles. The number of hydrogen-bond donors (Lipinski definition) is 0. The van der Waals surface area contributed by atoms with Gasteiger partial charge in [0.05, 0.1) is 0 Å². The molecule has 1 aromatic heterocycles. The molecule has 0 aliphatic carbocycles. The van der Waals surface area contributed by atoms with E-state index in [2.05, 4.69) is 0 Å². The summed E-state index contributed by atoms with van der Waals surface area (Å²) in [6, 6.07) is 31.9. The van der Waals surface area contributed by atoms with Crippen LogP contribution in [0, 0.1) is 0 Å². The summed E-state index contributed by atoms with van der Waals surface area (Å²) in [6.07, 6.45) is 0. The Morgan fingerprint density at radius 2 is 1.10 bits per heavy atom. The van der Waals surface area contributed by atoms with E-state index in [1.165, 1.54) is 0 Å². The van der Waals surface area contributed by atoms with Gasteiger partial charge < -0.3 is 0 Å². The lowest BCUT2D eigenvalue weighted by atomic mass is 10.0. The van der Waals surface area contributed by atoms with E-state index in [0.717, 1.165) is 27.5 Å². The summed E-state index contributed by atoms with van der Waals surface area (Å²) in [5, 5.41) is 2.82. The van der Waals surface area contributed by atoms with Gasteiger partial charge >= 0.3 is 0 Å². The van der Waals surface area contributed by atoms with E-state index in [1.54, 1.807) is 0 Å². The average molecular weight is 394 g/mol. The number of benzene rings is 4. The standard InChI is InChI=1S/C25H16ClN3/c26-20-14-15-21-19(16-20)12-7-13-22(21)25-28-23(17-8-3-1-4-9-17)27-24(29-25)18-10-5-2-6-11-18/h1-16H. The van der Waals surface area contributed by atoms with Crippen molar-refractivity contribution in [1.82, 2.24) is 15.0 Å². The first-order valence-electron chi connectivity index (χ1n) is 9.33. The van der Waals surface area contributed by atoms with E-state index >= 15 is 0 Å². The Bertz CT molecular complexity index is 1240. The van der Waals surface area contributed by atoms with Crippen LogP contribution < -0.4 is 0 Å². The number of rotatable bonds is 3. The zero-order valence-corrected chi connectivity index (χ0v) is 16.2. The summed E-state index contributed by atoms with van der Waals surface area (Å²) in [6.45, 7) is 0. The van der Waals surface area contributed by atoms with E-state index < -0.39 is 0 Å². The molecule has 0 saturated heterocycles. The van der Waals surface area contributed by atoms with Gasteiger partial charge in [-0.2, -0.15) is 0 Å². The van der Waals surface area contributed by atoms with Crippen molar-refractivity contribution in [2.24, 2.45) is 0 Å². The fourth-order valence-electron chi connectivity index (χ4n) is 3.38. The Kier molecular flexibility index (Phi) is 4.51. The number of nitrogens with zero attached hydrogens (tertiary/aromatic N) is 3. The first-order chi connectivity index (χ1) is 14.3. The average Bonchev–Trinajstić information content (AvgIpc) is 2.79. The first kappa shape index (κ1) is 17.5. The van der Waals surface area contributed by atoms with Gasteiger partial charge in [0.25, 0.3) is 0 Å². The molecule has 1 heterocycles. The summed E-state index contributed by atoms with van der Waals surface area (Å²) < 4.78 is 0. The minimum atomic E-state index is 0.644. The number of halogens is 1. The van der Waals surface area contributed by atoms with Gasteiger partial charge in [-0.25, -0.2) is 15.0 Å². The first-order valence-corrected chi connectivity index (χ1v) is 9.71. The van der Waals surface area contributed by atoms with Gasteiger partial charge in [0.2, 0.25) is 0 Å². The van der Waals surface area contributed by atoms with Gasteiger partial charge in [-0.15, -0.1) is 0 Å². The molecule has 4 heteroatoms. The topological polar surface area (TPSA) is 38.7 Å². The monoisotopic (exact) mass is 393 g/mol. The predicted molar refractivity (Wildman–Crippen MR) is 119 cm³/mol. The second-order valence-electron chi connectivity index (χ2n) is 6.71. The quantitative estimate of drug-likeness (QED) is 0.343. The molecule has 29 heavy (non-hydrogen) atoms. The highest BCUT2D eigenvalue weighted by atomic mass is 35.5. The predicted octanol–water partition coefficient (Wildman–Crippen LogP) is 6.68. The van der Waals surface area contributed by atoms with Gasteiger partial charge in [0.1, 0.15) is 0 Å². The highest BCUT2D eigenvalue weighted by Gasteiger charge is 2.13. The maximum absolute atomic E-state index is 6.19. The lowest BCUT2D eigenvalue weighted by molar-refractivity contribution is 1.08. The normalized spacial score (nSPS) is 10.9. The molecule has 0 aliphatic heterocycles. The lowest BCUT2D eigenvalue weighted by Gasteiger charge is -2.10. The van der Waals surface area contributed by atoms with Crippen LogP contribution in [0.1, 0.15) is 0 Å². The molecule has 0 unspecified atom stereocenters. The van der Waals surface area contributed by atoms with Crippen molar-refractivity contribution in [3.8, 4) is 34.2 Å². The molecule has 0 amide bonds.